The zero-order valence-corrected chi connectivity index (χ0v) is 7.72. The summed E-state index contributed by atoms with van der Waals surface area (Å²) in [5.74, 6) is 0.290. The molecule has 0 atom stereocenters. The molecule has 2 rings (SSSR count). The number of ether oxygens (including phenoxy) is 1. The van der Waals surface area contributed by atoms with Crippen molar-refractivity contribution in [1.82, 2.24) is 10.2 Å². The first-order valence-electron chi connectivity index (χ1n) is 4.11. The number of nitrogens with one attached hydrogen (secondary N) is 1. The quantitative estimate of drug-likeness (QED) is 0.795. The molecule has 1 aromatic heterocycles. The topological polar surface area (TPSA) is 37.9 Å². The second-order valence-corrected chi connectivity index (χ2v) is 2.99. The Morgan fingerprint density at radius 3 is 2.67 bits per heavy atom. The van der Waals surface area contributed by atoms with E-state index in [-0.39, 0.29) is 0 Å². The molecule has 1 aromatic carbocycles. The summed E-state index contributed by atoms with van der Waals surface area (Å²) in [6, 6.07) is 3.34. The van der Waals surface area contributed by atoms with Crippen LogP contribution in [0.5, 0.6) is 5.88 Å². The SMILES string of the molecule is COc1n[nH]c2cc(C(F)(F)F)ccc12. The zero-order chi connectivity index (χ0) is 11.1. The van der Waals surface area contributed by atoms with Gasteiger partial charge in [0.15, 0.2) is 0 Å². The van der Waals surface area contributed by atoms with Crippen LogP contribution in [0, 0.1) is 0 Å². The van der Waals surface area contributed by atoms with Gasteiger partial charge in [-0.05, 0) is 18.2 Å². The lowest BCUT2D eigenvalue weighted by molar-refractivity contribution is -0.137. The Labute approximate surface area is 82.9 Å². The first kappa shape index (κ1) is 9.82. The average molecular weight is 216 g/mol. The number of rotatable bonds is 1. The highest BCUT2D eigenvalue weighted by Gasteiger charge is 2.30. The lowest BCUT2D eigenvalue weighted by Gasteiger charge is -2.05. The molecule has 1 N–H and O–H groups in total. The molecule has 2 aromatic rings. The molecule has 0 amide bonds. The number of H-pyrrole nitrogens is 1. The summed E-state index contributed by atoms with van der Waals surface area (Å²) < 4.78 is 41.9. The molecule has 0 saturated heterocycles. The number of benzene rings is 1. The third kappa shape index (κ3) is 1.62. The molecule has 0 radical (unpaired) electrons. The molecule has 1 heterocycles. The van der Waals surface area contributed by atoms with Crippen LogP contribution in [0.3, 0.4) is 0 Å². The van der Waals surface area contributed by atoms with Crippen molar-refractivity contribution in [3.05, 3.63) is 23.8 Å². The monoisotopic (exact) mass is 216 g/mol. The number of aromatic amines is 1. The Bertz CT molecular complexity index is 490. The summed E-state index contributed by atoms with van der Waals surface area (Å²) in [5.41, 5.74) is -0.400. The summed E-state index contributed by atoms with van der Waals surface area (Å²) in [6.45, 7) is 0. The van der Waals surface area contributed by atoms with Gasteiger partial charge in [0.25, 0.3) is 0 Å². The number of methoxy groups -OCH3 is 1. The highest BCUT2D eigenvalue weighted by molar-refractivity contribution is 5.84. The fourth-order valence-corrected chi connectivity index (χ4v) is 1.33. The molecule has 0 aliphatic heterocycles. The Kier molecular flexibility index (Phi) is 2.06. The van der Waals surface area contributed by atoms with Crippen LogP contribution in [0.2, 0.25) is 0 Å². The van der Waals surface area contributed by atoms with E-state index in [1.165, 1.54) is 13.2 Å². The summed E-state index contributed by atoms with van der Waals surface area (Å²) in [5, 5.41) is 6.73. The smallest absolute Gasteiger partial charge is 0.416 e. The van der Waals surface area contributed by atoms with Gasteiger partial charge in [0, 0.05) is 0 Å². The number of fused-ring (bicyclic) bond motifs is 1. The minimum absolute atomic E-state index is 0.290. The van der Waals surface area contributed by atoms with E-state index in [2.05, 4.69) is 10.2 Å². The second-order valence-electron chi connectivity index (χ2n) is 2.99. The Balaban J connectivity index is 2.58. The average Bonchev–Trinajstić information content (AvgIpc) is 2.58. The molecule has 0 saturated carbocycles. The maximum absolute atomic E-state index is 12.3. The molecular weight excluding hydrogens is 209 g/mol. The van der Waals surface area contributed by atoms with E-state index in [4.69, 9.17) is 4.74 Å². The van der Waals surface area contributed by atoms with Crippen molar-refractivity contribution >= 4 is 10.9 Å². The standard InChI is InChI=1S/C9H7F3N2O/c1-15-8-6-3-2-5(9(10,11)12)4-7(6)13-14-8/h2-4H,1H3,(H,13,14). The van der Waals surface area contributed by atoms with Crippen molar-refractivity contribution < 1.29 is 17.9 Å². The van der Waals surface area contributed by atoms with Gasteiger partial charge in [0.1, 0.15) is 0 Å². The van der Waals surface area contributed by atoms with Crippen LogP contribution in [0.15, 0.2) is 18.2 Å². The van der Waals surface area contributed by atoms with Gasteiger partial charge in [-0.25, -0.2) is 0 Å². The molecule has 0 fully saturated rings. The fourth-order valence-electron chi connectivity index (χ4n) is 1.33. The largest absolute Gasteiger partial charge is 0.480 e. The fraction of sp³-hybridized carbons (Fsp3) is 0.222. The first-order chi connectivity index (χ1) is 7.02. The minimum atomic E-state index is -4.34. The molecular formula is C9H7F3N2O. The van der Waals surface area contributed by atoms with E-state index < -0.39 is 11.7 Å². The Morgan fingerprint density at radius 2 is 2.07 bits per heavy atom. The van der Waals surface area contributed by atoms with Crippen LogP contribution in [-0.4, -0.2) is 17.3 Å². The zero-order valence-electron chi connectivity index (χ0n) is 7.72. The minimum Gasteiger partial charge on any atom is -0.480 e. The van der Waals surface area contributed by atoms with Gasteiger partial charge in [-0.1, -0.05) is 0 Å². The highest BCUT2D eigenvalue weighted by atomic mass is 19.4. The number of aromatic nitrogens is 2. The summed E-state index contributed by atoms with van der Waals surface area (Å²) in [7, 11) is 1.41. The summed E-state index contributed by atoms with van der Waals surface area (Å²) >= 11 is 0. The van der Waals surface area contributed by atoms with Crippen molar-refractivity contribution in [2.75, 3.05) is 7.11 Å². The van der Waals surface area contributed by atoms with Crippen molar-refractivity contribution in [1.29, 1.82) is 0 Å². The van der Waals surface area contributed by atoms with Crippen molar-refractivity contribution in [2.45, 2.75) is 6.18 Å². The third-order valence-corrected chi connectivity index (χ3v) is 2.05. The third-order valence-electron chi connectivity index (χ3n) is 2.05. The van der Waals surface area contributed by atoms with Gasteiger partial charge < -0.3 is 4.74 Å². The summed E-state index contributed by atoms with van der Waals surface area (Å²) in [6.07, 6.45) is -4.34. The van der Waals surface area contributed by atoms with Crippen LogP contribution in [0.4, 0.5) is 13.2 Å². The second kappa shape index (κ2) is 3.15. The maximum atomic E-state index is 12.3. The molecule has 3 nitrogen and oxygen atoms in total. The molecule has 0 aliphatic carbocycles. The van der Waals surface area contributed by atoms with E-state index in [1.54, 1.807) is 0 Å². The molecule has 15 heavy (non-hydrogen) atoms. The number of alkyl halides is 3. The molecule has 0 spiro atoms. The summed E-state index contributed by atoms with van der Waals surface area (Å²) in [4.78, 5) is 0. The van der Waals surface area contributed by atoms with Crippen molar-refractivity contribution in [3.63, 3.8) is 0 Å². The van der Waals surface area contributed by atoms with Gasteiger partial charge in [-0.2, -0.15) is 13.2 Å². The molecule has 0 bridgehead atoms. The van der Waals surface area contributed by atoms with E-state index >= 15 is 0 Å². The highest BCUT2D eigenvalue weighted by Crippen LogP contribution is 2.32. The molecule has 0 aliphatic rings. The van der Waals surface area contributed by atoms with Crippen LogP contribution in [0.1, 0.15) is 5.56 Å². The van der Waals surface area contributed by atoms with Crippen LogP contribution in [0.25, 0.3) is 10.9 Å². The van der Waals surface area contributed by atoms with Crippen LogP contribution >= 0.6 is 0 Å². The van der Waals surface area contributed by atoms with E-state index in [1.807, 2.05) is 0 Å². The van der Waals surface area contributed by atoms with E-state index in [0.717, 1.165) is 12.1 Å². The predicted molar refractivity (Wildman–Crippen MR) is 47.6 cm³/mol. The van der Waals surface area contributed by atoms with Gasteiger partial charge >= 0.3 is 6.18 Å². The molecule has 80 valence electrons. The number of hydrogen-bond donors (Lipinski definition) is 1. The molecule has 0 unspecified atom stereocenters. The number of nitrogens with zero attached hydrogens (tertiary/aromatic N) is 1. The lowest BCUT2D eigenvalue weighted by Crippen LogP contribution is -2.04. The van der Waals surface area contributed by atoms with Gasteiger partial charge in [-0.3, -0.25) is 5.10 Å². The van der Waals surface area contributed by atoms with Crippen LogP contribution < -0.4 is 4.74 Å². The van der Waals surface area contributed by atoms with E-state index in [9.17, 15) is 13.2 Å². The van der Waals surface area contributed by atoms with E-state index in [0.29, 0.717) is 16.8 Å². The number of hydrogen-bond acceptors (Lipinski definition) is 2. The van der Waals surface area contributed by atoms with Crippen LogP contribution in [-0.2, 0) is 6.18 Å². The van der Waals surface area contributed by atoms with Crippen molar-refractivity contribution in [3.8, 4) is 5.88 Å². The molecule has 6 heteroatoms. The predicted octanol–water partition coefficient (Wildman–Crippen LogP) is 2.59. The first-order valence-corrected chi connectivity index (χ1v) is 4.11. The lowest BCUT2D eigenvalue weighted by atomic mass is 10.1. The number of halogens is 3. The Morgan fingerprint density at radius 1 is 1.33 bits per heavy atom. The normalized spacial score (nSPS) is 12.0. The van der Waals surface area contributed by atoms with Crippen molar-refractivity contribution in [2.24, 2.45) is 0 Å². The van der Waals surface area contributed by atoms with Gasteiger partial charge in [0.2, 0.25) is 5.88 Å². The van der Waals surface area contributed by atoms with Gasteiger partial charge in [-0.15, -0.1) is 5.10 Å². The maximum Gasteiger partial charge on any atom is 0.416 e. The van der Waals surface area contributed by atoms with Gasteiger partial charge in [0.05, 0.1) is 23.6 Å². The Hall–Kier alpha value is -1.72.